The van der Waals surface area contributed by atoms with Crippen molar-refractivity contribution >= 4 is 17.5 Å². The fourth-order valence-electron chi connectivity index (χ4n) is 2.50. The predicted octanol–water partition coefficient (Wildman–Crippen LogP) is 2.33. The highest BCUT2D eigenvalue weighted by Gasteiger charge is 2.21. The van der Waals surface area contributed by atoms with Crippen molar-refractivity contribution in [2.75, 3.05) is 7.05 Å². The molecule has 7 nitrogen and oxygen atoms in total. The lowest BCUT2D eigenvalue weighted by molar-refractivity contribution is 0.0783. The van der Waals surface area contributed by atoms with Crippen LogP contribution in [0.5, 0.6) is 0 Å². The standard InChI is InChI=1S/C17H15ClFN5O2/c1-10-11(8-20-24(10)15-6-7-16(25)22-21-15)17(26)23(2)9-12-13(18)4-3-5-14(12)19/h3-8H,9H2,1-2H3,(H,22,25). The second-order valence-corrected chi connectivity index (χ2v) is 6.10. The summed E-state index contributed by atoms with van der Waals surface area (Å²) < 4.78 is 15.4. The molecule has 26 heavy (non-hydrogen) atoms. The topological polar surface area (TPSA) is 83.9 Å². The average molecular weight is 376 g/mol. The first-order valence-electron chi connectivity index (χ1n) is 7.67. The fourth-order valence-corrected chi connectivity index (χ4v) is 2.73. The smallest absolute Gasteiger partial charge is 0.264 e. The lowest BCUT2D eigenvalue weighted by atomic mass is 10.1. The van der Waals surface area contributed by atoms with Gasteiger partial charge in [0.05, 0.1) is 17.5 Å². The van der Waals surface area contributed by atoms with Crippen molar-refractivity contribution in [2.45, 2.75) is 13.5 Å². The highest BCUT2D eigenvalue weighted by molar-refractivity contribution is 6.31. The first kappa shape index (κ1) is 17.8. The summed E-state index contributed by atoms with van der Waals surface area (Å²) in [7, 11) is 1.56. The molecule has 1 N–H and O–H groups in total. The number of amides is 1. The number of nitrogens with one attached hydrogen (secondary N) is 1. The van der Waals surface area contributed by atoms with Gasteiger partial charge in [-0.1, -0.05) is 17.7 Å². The lowest BCUT2D eigenvalue weighted by Gasteiger charge is -2.18. The van der Waals surface area contributed by atoms with Gasteiger partial charge in [-0.3, -0.25) is 9.59 Å². The SMILES string of the molecule is Cc1c(C(=O)N(C)Cc2c(F)cccc2Cl)cnn1-c1ccc(=O)[nH]n1. The van der Waals surface area contributed by atoms with Crippen LogP contribution in [0.15, 0.2) is 41.3 Å². The van der Waals surface area contributed by atoms with E-state index in [1.54, 1.807) is 20.0 Å². The molecule has 0 aliphatic rings. The minimum atomic E-state index is -0.470. The molecular formula is C17H15ClFN5O2. The van der Waals surface area contributed by atoms with E-state index in [-0.39, 0.29) is 28.6 Å². The molecule has 0 aliphatic heterocycles. The number of aromatic nitrogens is 4. The van der Waals surface area contributed by atoms with Crippen molar-refractivity contribution in [3.05, 3.63) is 74.5 Å². The highest BCUT2D eigenvalue weighted by Crippen LogP contribution is 2.21. The second kappa shape index (κ2) is 7.09. The van der Waals surface area contributed by atoms with Crippen molar-refractivity contribution in [1.82, 2.24) is 24.9 Å². The number of aromatic amines is 1. The van der Waals surface area contributed by atoms with Crippen LogP contribution in [0.2, 0.25) is 5.02 Å². The Kier molecular flexibility index (Phi) is 4.85. The van der Waals surface area contributed by atoms with E-state index in [0.29, 0.717) is 17.1 Å². The monoisotopic (exact) mass is 375 g/mol. The van der Waals surface area contributed by atoms with Crippen molar-refractivity contribution in [1.29, 1.82) is 0 Å². The number of benzene rings is 1. The van der Waals surface area contributed by atoms with Gasteiger partial charge in [0.1, 0.15) is 5.82 Å². The summed E-state index contributed by atoms with van der Waals surface area (Å²) in [5.41, 5.74) is 0.794. The number of carbonyl (C=O) groups excluding carboxylic acids is 1. The number of carbonyl (C=O) groups is 1. The van der Waals surface area contributed by atoms with E-state index in [9.17, 15) is 14.0 Å². The number of nitrogens with zero attached hydrogens (tertiary/aromatic N) is 4. The van der Waals surface area contributed by atoms with Gasteiger partial charge in [0.2, 0.25) is 0 Å². The van der Waals surface area contributed by atoms with Crippen molar-refractivity contribution in [2.24, 2.45) is 0 Å². The van der Waals surface area contributed by atoms with Crippen molar-refractivity contribution < 1.29 is 9.18 Å². The summed E-state index contributed by atoms with van der Waals surface area (Å²) in [5, 5.41) is 10.6. The van der Waals surface area contributed by atoms with Gasteiger partial charge in [0.15, 0.2) is 5.82 Å². The maximum atomic E-state index is 13.9. The maximum absolute atomic E-state index is 13.9. The van der Waals surface area contributed by atoms with E-state index in [0.717, 1.165) is 0 Å². The molecule has 2 heterocycles. The zero-order valence-electron chi connectivity index (χ0n) is 14.0. The predicted molar refractivity (Wildman–Crippen MR) is 93.9 cm³/mol. The summed E-state index contributed by atoms with van der Waals surface area (Å²) in [4.78, 5) is 25.2. The van der Waals surface area contributed by atoms with E-state index < -0.39 is 5.82 Å². The Morgan fingerprint density at radius 1 is 1.35 bits per heavy atom. The molecule has 1 aromatic carbocycles. The molecule has 9 heteroatoms. The summed E-state index contributed by atoms with van der Waals surface area (Å²) in [6, 6.07) is 7.19. The van der Waals surface area contributed by atoms with E-state index in [4.69, 9.17) is 11.6 Å². The first-order valence-corrected chi connectivity index (χ1v) is 8.05. The summed E-state index contributed by atoms with van der Waals surface area (Å²) in [6.45, 7) is 1.73. The quantitative estimate of drug-likeness (QED) is 0.758. The Labute approximate surface area is 153 Å². The Morgan fingerprint density at radius 3 is 2.77 bits per heavy atom. The van der Waals surface area contributed by atoms with Crippen LogP contribution in [-0.4, -0.2) is 37.8 Å². The van der Waals surface area contributed by atoms with Gasteiger partial charge >= 0.3 is 0 Å². The number of halogens is 2. The molecule has 0 saturated heterocycles. The molecule has 0 saturated carbocycles. The van der Waals surface area contributed by atoms with Gasteiger partial charge in [-0.2, -0.15) is 10.2 Å². The van der Waals surface area contributed by atoms with Crippen LogP contribution in [0.1, 0.15) is 21.6 Å². The summed E-state index contributed by atoms with van der Waals surface area (Å²) in [6.07, 6.45) is 1.41. The van der Waals surface area contributed by atoms with Crippen LogP contribution >= 0.6 is 11.6 Å². The number of H-pyrrole nitrogens is 1. The minimum absolute atomic E-state index is 0.0197. The van der Waals surface area contributed by atoms with Crippen molar-refractivity contribution in [3.8, 4) is 5.82 Å². The molecule has 3 aromatic rings. The second-order valence-electron chi connectivity index (χ2n) is 5.70. The molecule has 0 bridgehead atoms. The summed E-state index contributed by atoms with van der Waals surface area (Å²) >= 11 is 6.02. The third kappa shape index (κ3) is 3.36. The van der Waals surface area contributed by atoms with E-state index in [1.807, 2.05) is 0 Å². The maximum Gasteiger partial charge on any atom is 0.264 e. The fraction of sp³-hybridized carbons (Fsp3) is 0.176. The van der Waals surface area contributed by atoms with E-state index in [1.165, 1.54) is 40.0 Å². The molecule has 0 fully saturated rings. The van der Waals surface area contributed by atoms with Crippen LogP contribution in [0.3, 0.4) is 0 Å². The molecule has 134 valence electrons. The lowest BCUT2D eigenvalue weighted by Crippen LogP contribution is -2.27. The number of rotatable bonds is 4. The van der Waals surface area contributed by atoms with Crippen LogP contribution in [-0.2, 0) is 6.54 Å². The zero-order chi connectivity index (χ0) is 18.8. The molecular weight excluding hydrogens is 361 g/mol. The van der Waals surface area contributed by atoms with Gasteiger partial charge in [-0.05, 0) is 25.1 Å². The van der Waals surface area contributed by atoms with Crippen molar-refractivity contribution in [3.63, 3.8) is 0 Å². The van der Waals surface area contributed by atoms with E-state index in [2.05, 4.69) is 15.3 Å². The van der Waals surface area contributed by atoms with Crippen LogP contribution < -0.4 is 5.56 Å². The third-order valence-electron chi connectivity index (χ3n) is 3.93. The Bertz CT molecular complexity index is 989. The zero-order valence-corrected chi connectivity index (χ0v) is 14.8. The normalized spacial score (nSPS) is 10.8. The van der Waals surface area contributed by atoms with Gasteiger partial charge in [-0.25, -0.2) is 14.2 Å². The van der Waals surface area contributed by atoms with Crippen LogP contribution in [0.25, 0.3) is 5.82 Å². The molecule has 0 aliphatic carbocycles. The molecule has 1 amide bonds. The minimum Gasteiger partial charge on any atom is -0.337 e. The first-order chi connectivity index (χ1) is 12.4. The van der Waals surface area contributed by atoms with Gasteiger partial charge in [0.25, 0.3) is 11.5 Å². The Hall–Kier alpha value is -3.00. The molecule has 0 atom stereocenters. The van der Waals surface area contributed by atoms with Gasteiger partial charge < -0.3 is 4.90 Å². The third-order valence-corrected chi connectivity index (χ3v) is 4.28. The summed E-state index contributed by atoms with van der Waals surface area (Å²) in [5.74, 6) is -0.430. The molecule has 2 aromatic heterocycles. The Morgan fingerprint density at radius 2 is 2.12 bits per heavy atom. The van der Waals surface area contributed by atoms with Gasteiger partial charge in [-0.15, -0.1) is 0 Å². The highest BCUT2D eigenvalue weighted by atomic mass is 35.5. The largest absolute Gasteiger partial charge is 0.337 e. The number of hydrogen-bond donors (Lipinski definition) is 1. The molecule has 3 rings (SSSR count). The molecule has 0 radical (unpaired) electrons. The number of hydrogen-bond acceptors (Lipinski definition) is 4. The molecule has 0 unspecified atom stereocenters. The molecule has 0 spiro atoms. The average Bonchev–Trinajstić information content (AvgIpc) is 2.99. The van der Waals surface area contributed by atoms with E-state index >= 15 is 0 Å². The Balaban J connectivity index is 1.86. The van der Waals surface area contributed by atoms with Gasteiger partial charge in [0, 0.05) is 30.2 Å². The van der Waals surface area contributed by atoms with Crippen LogP contribution in [0.4, 0.5) is 4.39 Å². The van der Waals surface area contributed by atoms with Crippen LogP contribution in [0, 0.1) is 12.7 Å².